The number of allylic oxidation sites excluding steroid dienone is 2. The lowest BCUT2D eigenvalue weighted by atomic mass is 9.53. The zero-order valence-electron chi connectivity index (χ0n) is 33.8. The van der Waals surface area contributed by atoms with E-state index < -0.39 is 23.1 Å². The smallest absolute Gasteiger partial charge is 0.334 e. The summed E-state index contributed by atoms with van der Waals surface area (Å²) in [7, 11) is 5.45. The normalized spacial score (nSPS) is 47.2. The topological polar surface area (TPSA) is 190 Å². The number of nitrogens with two attached hydrogens (primary N) is 1. The predicted octanol–water partition coefficient (Wildman–Crippen LogP) is 2.65. The van der Waals surface area contributed by atoms with Gasteiger partial charge in [-0.1, -0.05) is 45.4 Å². The molecule has 2 bridgehead atoms. The molecule has 0 aromatic rings. The molecule has 13 nitrogen and oxygen atoms in total. The molecule has 6 N–H and O–H groups in total. The van der Waals surface area contributed by atoms with E-state index in [1.165, 1.54) is 0 Å². The highest BCUT2D eigenvalue weighted by Crippen LogP contribution is 2.64. The average Bonchev–Trinajstić information content (AvgIpc) is 3.56. The van der Waals surface area contributed by atoms with Crippen molar-refractivity contribution in [2.45, 2.75) is 125 Å². The van der Waals surface area contributed by atoms with E-state index in [1.807, 2.05) is 20.0 Å². The van der Waals surface area contributed by atoms with Crippen LogP contribution in [0.1, 0.15) is 71.6 Å². The number of rotatable bonds is 6. The molecule has 0 radical (unpaired) electrons. The van der Waals surface area contributed by atoms with E-state index in [0.717, 1.165) is 18.4 Å². The SMILES string of the molecule is CC=C(CCO)C(=O)O[C@@]1(C)[C@@H](CO)C=C2CSS[C@H]3C[C@H]4C(=O)C=C[C@H]5[C@H]([C@@H]4NC)[C@@H]3N5C(=O)CC3CNC(N)CC3[C@H]2[C@@]12CC1CC3CCC(=O)OC3CC1O2. The van der Waals surface area contributed by atoms with Crippen LogP contribution in [0, 0.1) is 47.3 Å². The third-order valence-electron chi connectivity index (χ3n) is 16.1. The predicted molar refractivity (Wildman–Crippen MR) is 219 cm³/mol. The van der Waals surface area contributed by atoms with Gasteiger partial charge in [0.2, 0.25) is 5.91 Å². The summed E-state index contributed by atoms with van der Waals surface area (Å²) in [5, 5.41) is 28.3. The number of ketones is 1. The molecule has 58 heavy (non-hydrogen) atoms. The van der Waals surface area contributed by atoms with Gasteiger partial charge in [-0.3, -0.25) is 14.4 Å². The number of piperidine rings is 1. The summed E-state index contributed by atoms with van der Waals surface area (Å²) >= 11 is 0. The molecule has 17 atom stereocenters. The number of ether oxygens (including phenoxy) is 3. The zero-order chi connectivity index (χ0) is 40.7. The number of aliphatic hydroxyl groups excluding tert-OH is 2. The summed E-state index contributed by atoms with van der Waals surface area (Å²) in [6.07, 6.45) is 11.4. The molecule has 15 heteroatoms. The Hall–Kier alpha value is -2.24. The Labute approximate surface area is 348 Å². The number of carbonyl (C=O) groups is 4. The van der Waals surface area contributed by atoms with E-state index in [2.05, 4.69) is 21.6 Å². The molecule has 2 saturated carbocycles. The van der Waals surface area contributed by atoms with Gasteiger partial charge in [-0.2, -0.15) is 0 Å². The molecule has 7 fully saturated rings. The molecule has 318 valence electrons. The summed E-state index contributed by atoms with van der Waals surface area (Å²) in [5.74, 6) is -0.843. The summed E-state index contributed by atoms with van der Waals surface area (Å²) in [6.45, 7) is 3.70. The molecule has 5 aliphatic heterocycles. The van der Waals surface area contributed by atoms with Gasteiger partial charge in [0, 0.05) is 85.1 Å². The Morgan fingerprint density at radius 3 is 2.74 bits per heavy atom. The molecule has 1 amide bonds. The van der Waals surface area contributed by atoms with Gasteiger partial charge in [0.15, 0.2) is 5.78 Å². The van der Waals surface area contributed by atoms with Crippen molar-refractivity contribution >= 4 is 45.2 Å². The molecular weight excluding hydrogens is 781 g/mol. The lowest BCUT2D eigenvalue weighted by Crippen LogP contribution is -2.76. The third kappa shape index (κ3) is 6.50. The maximum Gasteiger partial charge on any atom is 0.334 e. The minimum Gasteiger partial charge on any atom is -0.462 e. The second-order valence-corrected chi connectivity index (χ2v) is 21.3. The number of nitrogens with one attached hydrogen (secondary N) is 2. The van der Waals surface area contributed by atoms with Crippen molar-refractivity contribution in [3.05, 3.63) is 35.5 Å². The highest BCUT2D eigenvalue weighted by molar-refractivity contribution is 8.77. The number of fused-ring (bicyclic) bond motifs is 8. The van der Waals surface area contributed by atoms with Gasteiger partial charge < -0.3 is 45.7 Å². The zero-order valence-corrected chi connectivity index (χ0v) is 35.4. The second kappa shape index (κ2) is 15.9. The van der Waals surface area contributed by atoms with Crippen LogP contribution in [0.25, 0.3) is 0 Å². The first-order valence-corrected chi connectivity index (χ1v) is 24.0. The van der Waals surface area contributed by atoms with Crippen LogP contribution in [0.15, 0.2) is 35.5 Å². The fraction of sp³-hybridized carbons (Fsp3) is 0.767. The van der Waals surface area contributed by atoms with Gasteiger partial charge in [-0.05, 0) is 82.7 Å². The van der Waals surface area contributed by atoms with Crippen molar-refractivity contribution in [1.82, 2.24) is 15.5 Å². The molecule has 9 rings (SSSR count). The van der Waals surface area contributed by atoms with Gasteiger partial charge in [0.25, 0.3) is 0 Å². The van der Waals surface area contributed by atoms with Gasteiger partial charge in [-0.25, -0.2) is 4.79 Å². The van der Waals surface area contributed by atoms with Gasteiger partial charge in [-0.15, -0.1) is 0 Å². The number of aliphatic hydroxyl groups is 2. The molecule has 9 aliphatic rings. The Morgan fingerprint density at radius 2 is 1.98 bits per heavy atom. The van der Waals surface area contributed by atoms with E-state index in [0.29, 0.717) is 50.0 Å². The van der Waals surface area contributed by atoms with Gasteiger partial charge in [0.05, 0.1) is 31.0 Å². The van der Waals surface area contributed by atoms with Crippen LogP contribution in [0.2, 0.25) is 0 Å². The van der Waals surface area contributed by atoms with Crippen molar-refractivity contribution < 1.29 is 43.6 Å². The maximum absolute atomic E-state index is 14.9. The lowest BCUT2D eigenvalue weighted by Gasteiger charge is -2.63. The van der Waals surface area contributed by atoms with Crippen LogP contribution >= 0.6 is 21.6 Å². The molecular formula is C43H60N4O9S2. The van der Waals surface area contributed by atoms with E-state index >= 15 is 0 Å². The number of hydrogen-bond donors (Lipinski definition) is 5. The van der Waals surface area contributed by atoms with Crippen LogP contribution < -0.4 is 16.4 Å². The van der Waals surface area contributed by atoms with Crippen LogP contribution in [-0.4, -0.2) is 124 Å². The molecule has 7 unspecified atom stereocenters. The van der Waals surface area contributed by atoms with Gasteiger partial charge >= 0.3 is 11.9 Å². The third-order valence-corrected chi connectivity index (χ3v) is 18.9. The number of amides is 1. The Bertz CT molecular complexity index is 1780. The summed E-state index contributed by atoms with van der Waals surface area (Å²) in [4.78, 5) is 57.3. The van der Waals surface area contributed by atoms with Crippen molar-refractivity contribution in [3.8, 4) is 0 Å². The fourth-order valence-corrected chi connectivity index (χ4v) is 16.4. The highest BCUT2D eigenvalue weighted by Gasteiger charge is 2.71. The Kier molecular flexibility index (Phi) is 11.3. The maximum atomic E-state index is 14.9. The van der Waals surface area contributed by atoms with Crippen LogP contribution in [0.4, 0.5) is 0 Å². The van der Waals surface area contributed by atoms with Crippen molar-refractivity contribution in [3.63, 3.8) is 0 Å². The Morgan fingerprint density at radius 1 is 1.16 bits per heavy atom. The average molecular weight is 841 g/mol. The number of esters is 2. The minimum atomic E-state index is -1.35. The van der Waals surface area contributed by atoms with Crippen molar-refractivity contribution in [2.75, 3.05) is 32.6 Å². The summed E-state index contributed by atoms with van der Waals surface area (Å²) in [5.41, 5.74) is 5.79. The fourth-order valence-electron chi connectivity index (χ4n) is 13.4. The number of hydrogen-bond acceptors (Lipinski definition) is 14. The summed E-state index contributed by atoms with van der Waals surface area (Å²) in [6, 6.07) is -0.143. The van der Waals surface area contributed by atoms with Crippen LogP contribution in [0.5, 0.6) is 0 Å². The Balaban J connectivity index is 1.16. The molecule has 5 heterocycles. The summed E-state index contributed by atoms with van der Waals surface area (Å²) < 4.78 is 20.3. The highest BCUT2D eigenvalue weighted by atomic mass is 33.1. The monoisotopic (exact) mass is 840 g/mol. The van der Waals surface area contributed by atoms with Crippen LogP contribution in [0.3, 0.4) is 0 Å². The standard InChI is InChI=1S/C43H60N4O9S2/c1-4-21(9-10-48)41(53)56-42(2)26(19-49)12-25-20-57-58-33-14-28-30(50)7-6-29-37(39(28)45-3)40(33)47(29)35(51)13-24-18-46-34(44)15-27(24)38(25)43(42)17-23-11-22-5-8-36(52)54-31(22)16-32(23)55-43/h4,6-7,12,22-24,26-29,31-34,37-40,45-46,48-49H,5,8-11,13-20,44H2,1-3H3/t22?,23?,24?,26-,27?,28+,29+,31?,32?,33+,34?,37-,38+,39-,40-,42+,43+/m1/s1. The molecule has 4 aliphatic carbocycles. The van der Waals surface area contributed by atoms with Crippen molar-refractivity contribution in [1.29, 1.82) is 0 Å². The first kappa shape index (κ1) is 41.1. The van der Waals surface area contributed by atoms with E-state index in [4.69, 9.17) is 19.9 Å². The molecule has 1 spiro atoms. The largest absolute Gasteiger partial charge is 0.462 e. The lowest BCUT2D eigenvalue weighted by molar-refractivity contribution is -0.245. The minimum absolute atomic E-state index is 0.00460. The van der Waals surface area contributed by atoms with E-state index in [1.54, 1.807) is 40.7 Å². The second-order valence-electron chi connectivity index (χ2n) is 18.7. The van der Waals surface area contributed by atoms with Crippen molar-refractivity contribution in [2.24, 2.45) is 53.1 Å². The number of carbonyl (C=O) groups excluding carboxylic acids is 4. The molecule has 0 aromatic heterocycles. The van der Waals surface area contributed by atoms with Gasteiger partial charge in [0.1, 0.15) is 17.3 Å². The first-order valence-electron chi connectivity index (χ1n) is 21.6. The van der Waals surface area contributed by atoms with E-state index in [9.17, 15) is 29.4 Å². The van der Waals surface area contributed by atoms with E-state index in [-0.39, 0.29) is 127 Å². The quantitative estimate of drug-likeness (QED) is 0.114. The number of nitrogens with zero attached hydrogens (tertiary/aromatic N) is 1. The first-order chi connectivity index (χ1) is 27.9. The molecule has 5 saturated heterocycles. The molecule has 0 aromatic carbocycles. The van der Waals surface area contributed by atoms with Crippen LogP contribution in [-0.2, 0) is 33.4 Å².